The van der Waals surface area contributed by atoms with Crippen molar-refractivity contribution in [3.63, 3.8) is 0 Å². The maximum Gasteiger partial charge on any atom is 0.254 e. The van der Waals surface area contributed by atoms with E-state index in [0.29, 0.717) is 22.6 Å². The van der Waals surface area contributed by atoms with Crippen LogP contribution in [0.2, 0.25) is 5.02 Å². The number of hydrogen-bond acceptors (Lipinski definition) is 5. The van der Waals surface area contributed by atoms with Crippen LogP contribution in [-0.4, -0.2) is 52.5 Å². The first-order chi connectivity index (χ1) is 18.0. The third-order valence-electron chi connectivity index (χ3n) is 7.57. The van der Waals surface area contributed by atoms with E-state index in [1.54, 1.807) is 20.3 Å². The van der Waals surface area contributed by atoms with E-state index in [4.69, 9.17) is 26.1 Å². The van der Waals surface area contributed by atoms with Crippen molar-refractivity contribution in [2.45, 2.75) is 43.8 Å². The number of piperidine rings is 1. The fourth-order valence-electron chi connectivity index (χ4n) is 5.85. The molecule has 0 unspecified atom stereocenters. The molecule has 2 aromatic carbocycles. The molecular formula is C29H29ClN4O3. The molecular weight excluding hydrogens is 488 g/mol. The molecule has 7 nitrogen and oxygen atoms in total. The van der Waals surface area contributed by atoms with Gasteiger partial charge in [-0.3, -0.25) is 4.79 Å². The number of anilines is 1. The second-order valence-corrected chi connectivity index (χ2v) is 10.2. The van der Waals surface area contributed by atoms with Crippen molar-refractivity contribution in [2.75, 3.05) is 19.5 Å². The van der Waals surface area contributed by atoms with E-state index in [0.717, 1.165) is 53.8 Å². The number of nitrogens with one attached hydrogen (secondary N) is 1. The Morgan fingerprint density at radius 3 is 2.43 bits per heavy atom. The molecule has 1 N–H and O–H groups in total. The third kappa shape index (κ3) is 4.37. The Bertz CT molecular complexity index is 1440. The molecule has 4 heterocycles. The van der Waals surface area contributed by atoms with Crippen LogP contribution in [0.25, 0.3) is 16.9 Å². The number of halogens is 1. The summed E-state index contributed by atoms with van der Waals surface area (Å²) >= 11 is 6.38. The maximum absolute atomic E-state index is 13.2. The second-order valence-electron chi connectivity index (χ2n) is 9.77. The highest BCUT2D eigenvalue weighted by Gasteiger charge is 2.43. The smallest absolute Gasteiger partial charge is 0.254 e. The van der Waals surface area contributed by atoms with Crippen LogP contribution >= 0.6 is 11.6 Å². The van der Waals surface area contributed by atoms with Crippen LogP contribution in [0.4, 0.5) is 5.69 Å². The van der Waals surface area contributed by atoms with Crippen LogP contribution in [0.15, 0.2) is 67.0 Å². The molecule has 4 aromatic rings. The first-order valence-electron chi connectivity index (χ1n) is 12.6. The summed E-state index contributed by atoms with van der Waals surface area (Å²) in [6.45, 7) is 0. The van der Waals surface area contributed by atoms with Gasteiger partial charge in [-0.1, -0.05) is 29.8 Å². The Morgan fingerprint density at radius 1 is 1.00 bits per heavy atom. The van der Waals surface area contributed by atoms with Crippen LogP contribution in [-0.2, 0) is 0 Å². The topological polar surface area (TPSA) is 68.1 Å². The molecule has 0 spiro atoms. The fourth-order valence-corrected chi connectivity index (χ4v) is 6.09. The van der Waals surface area contributed by atoms with Crippen LogP contribution in [0, 0.1) is 0 Å². The Morgan fingerprint density at radius 2 is 1.73 bits per heavy atom. The van der Waals surface area contributed by atoms with E-state index in [2.05, 4.69) is 22.3 Å². The van der Waals surface area contributed by atoms with Crippen molar-refractivity contribution >= 4 is 28.8 Å². The highest BCUT2D eigenvalue weighted by atomic mass is 35.5. The predicted octanol–water partition coefficient (Wildman–Crippen LogP) is 5.92. The molecule has 37 heavy (non-hydrogen) atoms. The second kappa shape index (κ2) is 9.63. The monoisotopic (exact) mass is 516 g/mol. The van der Waals surface area contributed by atoms with Crippen LogP contribution < -0.4 is 14.8 Å². The lowest BCUT2D eigenvalue weighted by molar-refractivity contribution is 0.0583. The van der Waals surface area contributed by atoms with Gasteiger partial charge >= 0.3 is 0 Å². The molecule has 2 aromatic heterocycles. The standard InChI is InChI=1S/C29H29ClN4O3/c1-36-26-16-27(37-2)24(30)15-23(26)25-17-33-11-10-19(14-28(33)32-25)31-20-12-21-8-9-22(13-20)34(21)29(35)18-6-4-3-5-7-18/h3-7,10-11,14-17,20-22,31H,8-9,12-13H2,1-2H3/t20-,21+,22-. The highest BCUT2D eigenvalue weighted by Crippen LogP contribution is 2.39. The lowest BCUT2D eigenvalue weighted by Crippen LogP contribution is -2.49. The van der Waals surface area contributed by atoms with Crippen LogP contribution in [0.1, 0.15) is 36.0 Å². The van der Waals surface area contributed by atoms with Gasteiger partial charge in [-0.15, -0.1) is 0 Å². The largest absolute Gasteiger partial charge is 0.496 e. The molecule has 2 aliphatic heterocycles. The van der Waals surface area contributed by atoms with Gasteiger partial charge in [-0.2, -0.15) is 0 Å². The Hall–Kier alpha value is -3.71. The summed E-state index contributed by atoms with van der Waals surface area (Å²) in [6.07, 6.45) is 8.00. The van der Waals surface area contributed by atoms with Gasteiger partial charge < -0.3 is 24.1 Å². The number of imidazole rings is 1. The summed E-state index contributed by atoms with van der Waals surface area (Å²) < 4.78 is 12.9. The number of methoxy groups -OCH3 is 2. The van der Waals surface area contributed by atoms with Gasteiger partial charge in [0.15, 0.2) is 0 Å². The molecule has 1 amide bonds. The van der Waals surface area contributed by atoms with Gasteiger partial charge in [0, 0.05) is 59.5 Å². The van der Waals surface area contributed by atoms with E-state index in [-0.39, 0.29) is 18.0 Å². The number of carbonyl (C=O) groups is 1. The van der Waals surface area contributed by atoms with Crippen molar-refractivity contribution in [3.05, 3.63) is 77.6 Å². The van der Waals surface area contributed by atoms with E-state index < -0.39 is 0 Å². The number of pyridine rings is 1. The summed E-state index contributed by atoms with van der Waals surface area (Å²) in [4.78, 5) is 20.1. The van der Waals surface area contributed by atoms with E-state index in [9.17, 15) is 4.79 Å². The average Bonchev–Trinajstić information content (AvgIpc) is 3.46. The lowest BCUT2D eigenvalue weighted by Gasteiger charge is -2.39. The van der Waals surface area contributed by atoms with E-state index >= 15 is 0 Å². The molecule has 2 fully saturated rings. The molecule has 190 valence electrons. The first kappa shape index (κ1) is 23.7. The SMILES string of the molecule is COc1cc(OC)c(-c2cn3ccc(N[C@H]4C[C@H]5CC[C@@H](C4)N5C(=O)c4ccccc4)cc3n2)cc1Cl. The molecule has 2 aliphatic rings. The third-order valence-corrected chi connectivity index (χ3v) is 7.86. The van der Waals surface area contributed by atoms with Crippen LogP contribution in [0.3, 0.4) is 0 Å². The van der Waals surface area contributed by atoms with Crippen molar-refractivity contribution in [2.24, 2.45) is 0 Å². The molecule has 6 rings (SSSR count). The zero-order valence-electron chi connectivity index (χ0n) is 20.9. The zero-order chi connectivity index (χ0) is 25.5. The van der Waals surface area contributed by atoms with Gasteiger partial charge in [-0.05, 0) is 49.9 Å². The minimum atomic E-state index is 0.159. The number of carbonyl (C=O) groups excluding carboxylic acids is 1. The Balaban J connectivity index is 1.20. The van der Waals surface area contributed by atoms with Crippen LogP contribution in [0.5, 0.6) is 11.5 Å². The number of hydrogen-bond donors (Lipinski definition) is 1. The molecule has 0 aliphatic carbocycles. The molecule has 3 atom stereocenters. The molecule has 2 bridgehead atoms. The molecule has 8 heteroatoms. The van der Waals surface area contributed by atoms with Crippen molar-refractivity contribution in [1.29, 1.82) is 0 Å². The van der Waals surface area contributed by atoms with Crippen molar-refractivity contribution in [1.82, 2.24) is 14.3 Å². The number of ether oxygens (including phenoxy) is 2. The maximum atomic E-state index is 13.2. The molecule has 0 saturated carbocycles. The minimum Gasteiger partial charge on any atom is -0.496 e. The minimum absolute atomic E-state index is 0.159. The number of fused-ring (bicyclic) bond motifs is 3. The summed E-state index contributed by atoms with van der Waals surface area (Å²) in [7, 11) is 3.20. The normalized spacial score (nSPS) is 20.7. The van der Waals surface area contributed by atoms with Crippen molar-refractivity contribution in [3.8, 4) is 22.8 Å². The van der Waals surface area contributed by atoms with E-state index in [1.165, 1.54) is 0 Å². The lowest BCUT2D eigenvalue weighted by atomic mass is 9.96. The predicted molar refractivity (Wildman–Crippen MR) is 145 cm³/mol. The summed E-state index contributed by atoms with van der Waals surface area (Å²) in [5.74, 6) is 1.37. The zero-order valence-corrected chi connectivity index (χ0v) is 21.6. The highest BCUT2D eigenvalue weighted by molar-refractivity contribution is 6.32. The number of aromatic nitrogens is 2. The molecule has 2 saturated heterocycles. The fraction of sp³-hybridized carbons (Fsp3) is 0.310. The summed E-state index contributed by atoms with van der Waals surface area (Å²) in [5, 5.41) is 4.22. The Kier molecular flexibility index (Phi) is 6.16. The summed E-state index contributed by atoms with van der Waals surface area (Å²) in [5.41, 5.74) is 4.20. The first-order valence-corrected chi connectivity index (χ1v) is 13.0. The number of nitrogens with zero attached hydrogens (tertiary/aromatic N) is 3. The number of benzene rings is 2. The summed E-state index contributed by atoms with van der Waals surface area (Å²) in [6, 6.07) is 18.2. The van der Waals surface area contributed by atoms with Gasteiger partial charge in [0.1, 0.15) is 17.1 Å². The Labute approximate surface area is 221 Å². The number of rotatable bonds is 6. The van der Waals surface area contributed by atoms with E-state index in [1.807, 2.05) is 53.2 Å². The average molecular weight is 517 g/mol. The van der Waals surface area contributed by atoms with Gasteiger partial charge in [0.2, 0.25) is 0 Å². The van der Waals surface area contributed by atoms with Gasteiger partial charge in [0.25, 0.3) is 5.91 Å². The van der Waals surface area contributed by atoms with Gasteiger partial charge in [-0.25, -0.2) is 4.98 Å². The molecule has 0 radical (unpaired) electrons. The van der Waals surface area contributed by atoms with Crippen molar-refractivity contribution < 1.29 is 14.3 Å². The number of amides is 1. The van der Waals surface area contributed by atoms with Gasteiger partial charge in [0.05, 0.1) is 24.9 Å². The quantitative estimate of drug-likeness (QED) is 0.344.